The van der Waals surface area contributed by atoms with Gasteiger partial charge in [0, 0.05) is 23.7 Å². The number of H-pyrrole nitrogens is 1. The summed E-state index contributed by atoms with van der Waals surface area (Å²) in [6, 6.07) is 14.4. The molecule has 0 atom stereocenters. The Morgan fingerprint density at radius 1 is 1.00 bits per heavy atom. The third kappa shape index (κ3) is 2.80. The maximum Gasteiger partial charge on any atom is 0.276 e. The molecule has 22 heavy (non-hydrogen) atoms. The Labute approximate surface area is 126 Å². The average molecular weight is 294 g/mol. The molecule has 0 saturated carbocycles. The highest BCUT2D eigenvalue weighted by molar-refractivity contribution is 6.11. The van der Waals surface area contributed by atoms with Crippen molar-refractivity contribution in [2.45, 2.75) is 6.92 Å². The van der Waals surface area contributed by atoms with Gasteiger partial charge in [0.15, 0.2) is 5.69 Å². The Morgan fingerprint density at radius 2 is 1.73 bits per heavy atom. The van der Waals surface area contributed by atoms with Crippen LogP contribution in [0.2, 0.25) is 0 Å². The zero-order valence-corrected chi connectivity index (χ0v) is 11.9. The molecular formula is C16H14N4O2. The molecule has 0 radical (unpaired) electrons. The lowest BCUT2D eigenvalue weighted by Gasteiger charge is -2.06. The molecule has 0 aliphatic carbocycles. The number of benzene rings is 2. The Kier molecular flexibility index (Phi) is 3.57. The summed E-state index contributed by atoms with van der Waals surface area (Å²) >= 11 is 0. The molecule has 2 aromatic carbocycles. The fraction of sp³-hybridized carbons (Fsp3) is 0.0625. The number of carbonyl (C=O) groups is 2. The second kappa shape index (κ2) is 5.69. The maximum absolute atomic E-state index is 12.3. The van der Waals surface area contributed by atoms with E-state index in [9.17, 15) is 9.59 Å². The molecule has 6 heteroatoms. The quantitative estimate of drug-likeness (QED) is 0.694. The fourth-order valence-corrected chi connectivity index (χ4v) is 2.20. The number of nitrogens with one attached hydrogen (secondary N) is 3. The number of hydrogen-bond acceptors (Lipinski definition) is 3. The van der Waals surface area contributed by atoms with Crippen LogP contribution in [0, 0.1) is 0 Å². The number of nitrogens with zero attached hydrogens (tertiary/aromatic N) is 1. The van der Waals surface area contributed by atoms with Crippen LogP contribution >= 0.6 is 0 Å². The third-order valence-electron chi connectivity index (χ3n) is 3.13. The van der Waals surface area contributed by atoms with Crippen molar-refractivity contribution in [2.75, 3.05) is 10.6 Å². The van der Waals surface area contributed by atoms with Gasteiger partial charge in [0.2, 0.25) is 5.91 Å². The van der Waals surface area contributed by atoms with Gasteiger partial charge in [-0.2, -0.15) is 5.10 Å². The molecule has 0 aliphatic heterocycles. The molecular weight excluding hydrogens is 280 g/mol. The van der Waals surface area contributed by atoms with Crippen molar-refractivity contribution in [1.29, 1.82) is 0 Å². The first-order chi connectivity index (χ1) is 10.6. The number of para-hydroxylation sites is 1. The zero-order valence-electron chi connectivity index (χ0n) is 11.9. The van der Waals surface area contributed by atoms with Gasteiger partial charge in [0.1, 0.15) is 0 Å². The summed E-state index contributed by atoms with van der Waals surface area (Å²) in [6.07, 6.45) is 0. The van der Waals surface area contributed by atoms with Crippen LogP contribution in [0.5, 0.6) is 0 Å². The van der Waals surface area contributed by atoms with Gasteiger partial charge in [0.25, 0.3) is 5.91 Å². The second-order valence-corrected chi connectivity index (χ2v) is 4.83. The summed E-state index contributed by atoms with van der Waals surface area (Å²) in [5.74, 6) is -0.473. The average Bonchev–Trinajstić information content (AvgIpc) is 2.91. The van der Waals surface area contributed by atoms with Crippen LogP contribution in [-0.4, -0.2) is 22.0 Å². The Morgan fingerprint density at radius 3 is 2.50 bits per heavy atom. The summed E-state index contributed by atoms with van der Waals surface area (Å²) in [6.45, 7) is 1.43. The van der Waals surface area contributed by atoms with Crippen molar-refractivity contribution < 1.29 is 9.59 Å². The molecule has 1 heterocycles. The smallest absolute Gasteiger partial charge is 0.276 e. The van der Waals surface area contributed by atoms with E-state index < -0.39 is 0 Å². The van der Waals surface area contributed by atoms with E-state index in [1.54, 1.807) is 24.3 Å². The van der Waals surface area contributed by atoms with Crippen molar-refractivity contribution in [1.82, 2.24) is 10.2 Å². The molecule has 0 saturated heterocycles. The number of anilines is 2. The first kappa shape index (κ1) is 13.8. The van der Waals surface area contributed by atoms with E-state index in [1.165, 1.54) is 6.92 Å². The van der Waals surface area contributed by atoms with Crippen molar-refractivity contribution in [2.24, 2.45) is 0 Å². The predicted octanol–water partition coefficient (Wildman–Crippen LogP) is 2.77. The molecule has 0 unspecified atom stereocenters. The van der Waals surface area contributed by atoms with Gasteiger partial charge in [-0.3, -0.25) is 14.7 Å². The predicted molar refractivity (Wildman–Crippen MR) is 84.8 cm³/mol. The highest BCUT2D eigenvalue weighted by Crippen LogP contribution is 2.19. The van der Waals surface area contributed by atoms with Crippen molar-refractivity contribution in [3.63, 3.8) is 0 Å². The number of aromatic nitrogens is 2. The second-order valence-electron chi connectivity index (χ2n) is 4.83. The fourth-order valence-electron chi connectivity index (χ4n) is 2.20. The molecule has 0 bridgehead atoms. The first-order valence-electron chi connectivity index (χ1n) is 6.75. The minimum absolute atomic E-state index is 0.165. The number of aromatic amines is 1. The van der Waals surface area contributed by atoms with Crippen LogP contribution in [0.25, 0.3) is 10.9 Å². The summed E-state index contributed by atoms with van der Waals surface area (Å²) in [7, 11) is 0. The topological polar surface area (TPSA) is 86.9 Å². The van der Waals surface area contributed by atoms with Gasteiger partial charge >= 0.3 is 0 Å². The normalized spacial score (nSPS) is 10.4. The number of amides is 2. The van der Waals surface area contributed by atoms with Gasteiger partial charge in [-0.25, -0.2) is 0 Å². The summed E-state index contributed by atoms with van der Waals surface area (Å²) in [5.41, 5.74) is 2.35. The molecule has 3 N–H and O–H groups in total. The van der Waals surface area contributed by atoms with Crippen LogP contribution in [-0.2, 0) is 4.79 Å². The standard InChI is InChI=1S/C16H14N4O2/c1-10(21)17-11-5-4-6-12(9-11)18-16(22)15-13-7-2-3-8-14(13)19-20-15/h2-9H,1H3,(H,17,21)(H,18,22)(H,19,20). The van der Waals surface area contributed by atoms with Gasteiger partial charge in [-0.05, 0) is 24.3 Å². The van der Waals surface area contributed by atoms with Crippen LogP contribution in [0.4, 0.5) is 11.4 Å². The minimum Gasteiger partial charge on any atom is -0.326 e. The lowest BCUT2D eigenvalue weighted by molar-refractivity contribution is -0.114. The Hall–Kier alpha value is -3.15. The lowest BCUT2D eigenvalue weighted by atomic mass is 10.2. The van der Waals surface area contributed by atoms with Crippen molar-refractivity contribution in [3.8, 4) is 0 Å². The molecule has 3 rings (SSSR count). The van der Waals surface area contributed by atoms with Crippen LogP contribution in [0.3, 0.4) is 0 Å². The van der Waals surface area contributed by atoms with Crippen molar-refractivity contribution in [3.05, 3.63) is 54.2 Å². The lowest BCUT2D eigenvalue weighted by Crippen LogP contribution is -2.13. The van der Waals surface area contributed by atoms with Crippen LogP contribution in [0.1, 0.15) is 17.4 Å². The van der Waals surface area contributed by atoms with E-state index >= 15 is 0 Å². The van der Waals surface area contributed by atoms with E-state index in [0.29, 0.717) is 17.1 Å². The Balaban J connectivity index is 1.84. The van der Waals surface area contributed by atoms with E-state index in [0.717, 1.165) is 10.9 Å². The maximum atomic E-state index is 12.3. The minimum atomic E-state index is -0.308. The molecule has 3 aromatic rings. The first-order valence-corrected chi connectivity index (χ1v) is 6.75. The SMILES string of the molecule is CC(=O)Nc1cccc(NC(=O)c2n[nH]c3ccccc23)c1. The summed E-state index contributed by atoms with van der Waals surface area (Å²) < 4.78 is 0. The monoisotopic (exact) mass is 294 g/mol. The van der Waals surface area contributed by atoms with Gasteiger partial charge in [0.05, 0.1) is 5.52 Å². The third-order valence-corrected chi connectivity index (χ3v) is 3.13. The molecule has 110 valence electrons. The number of rotatable bonds is 3. The largest absolute Gasteiger partial charge is 0.326 e. The van der Waals surface area contributed by atoms with Crippen molar-refractivity contribution >= 4 is 34.1 Å². The zero-order chi connectivity index (χ0) is 15.5. The van der Waals surface area contributed by atoms with E-state index in [2.05, 4.69) is 20.8 Å². The molecule has 0 spiro atoms. The van der Waals surface area contributed by atoms with Gasteiger partial charge in [-0.1, -0.05) is 24.3 Å². The van der Waals surface area contributed by atoms with Gasteiger partial charge in [-0.15, -0.1) is 0 Å². The molecule has 0 aliphatic rings. The number of fused-ring (bicyclic) bond motifs is 1. The van der Waals surface area contributed by atoms with Crippen LogP contribution in [0.15, 0.2) is 48.5 Å². The Bertz CT molecular complexity index is 854. The van der Waals surface area contributed by atoms with Crippen LogP contribution < -0.4 is 10.6 Å². The van der Waals surface area contributed by atoms with E-state index in [4.69, 9.17) is 0 Å². The number of hydrogen-bond donors (Lipinski definition) is 3. The van der Waals surface area contributed by atoms with Gasteiger partial charge < -0.3 is 10.6 Å². The molecule has 6 nitrogen and oxygen atoms in total. The number of carbonyl (C=O) groups excluding carboxylic acids is 2. The summed E-state index contributed by atoms with van der Waals surface area (Å²) in [4.78, 5) is 23.4. The summed E-state index contributed by atoms with van der Waals surface area (Å²) in [5, 5.41) is 13.1. The molecule has 2 amide bonds. The highest BCUT2D eigenvalue weighted by atomic mass is 16.2. The molecule has 0 fully saturated rings. The highest BCUT2D eigenvalue weighted by Gasteiger charge is 2.14. The van der Waals surface area contributed by atoms with E-state index in [-0.39, 0.29) is 11.8 Å². The van der Waals surface area contributed by atoms with E-state index in [1.807, 2.05) is 24.3 Å². The molecule has 1 aromatic heterocycles.